The highest BCUT2D eigenvalue weighted by Crippen LogP contribution is 2.42. The fourth-order valence-electron chi connectivity index (χ4n) is 1.95. The molecule has 8 heteroatoms. The van der Waals surface area contributed by atoms with Crippen LogP contribution >= 0.6 is 22.9 Å². The van der Waals surface area contributed by atoms with E-state index in [9.17, 15) is 14.7 Å². The first-order chi connectivity index (χ1) is 10.9. The molecule has 0 bridgehead atoms. The molecule has 0 spiro atoms. The van der Waals surface area contributed by atoms with E-state index in [1.807, 2.05) is 0 Å². The van der Waals surface area contributed by atoms with Gasteiger partial charge in [-0.15, -0.1) is 11.3 Å². The van der Waals surface area contributed by atoms with E-state index in [0.717, 1.165) is 11.3 Å². The van der Waals surface area contributed by atoms with Crippen LogP contribution in [0.3, 0.4) is 0 Å². The van der Waals surface area contributed by atoms with Crippen molar-refractivity contribution in [3.8, 4) is 16.9 Å². The molecular formula is C15H14ClNO5S. The summed E-state index contributed by atoms with van der Waals surface area (Å²) in [7, 11) is 0. The van der Waals surface area contributed by atoms with Crippen molar-refractivity contribution in [3.63, 3.8) is 0 Å². The van der Waals surface area contributed by atoms with Crippen LogP contribution in [0.2, 0.25) is 4.34 Å². The lowest BCUT2D eigenvalue weighted by atomic mass is 10.0. The van der Waals surface area contributed by atoms with Gasteiger partial charge >= 0.3 is 11.9 Å². The second kappa shape index (κ2) is 7.34. The Morgan fingerprint density at radius 1 is 1.30 bits per heavy atom. The minimum absolute atomic E-state index is 0.0137. The molecule has 2 rings (SSSR count). The van der Waals surface area contributed by atoms with Gasteiger partial charge in [-0.1, -0.05) is 23.7 Å². The number of aromatic carboxylic acids is 1. The number of hydrogen-bond acceptors (Lipinski definition) is 6. The summed E-state index contributed by atoms with van der Waals surface area (Å²) in [6.07, 6.45) is 0. The number of thiophene rings is 1. The van der Waals surface area contributed by atoms with Crippen LogP contribution in [0.5, 0.6) is 5.75 Å². The van der Waals surface area contributed by atoms with E-state index in [1.54, 1.807) is 31.2 Å². The molecule has 122 valence electrons. The monoisotopic (exact) mass is 355 g/mol. The summed E-state index contributed by atoms with van der Waals surface area (Å²) < 4.78 is 10.3. The van der Waals surface area contributed by atoms with E-state index in [1.165, 1.54) is 0 Å². The third kappa shape index (κ3) is 3.94. The maximum Gasteiger partial charge on any atom is 0.344 e. The first kappa shape index (κ1) is 17.1. The number of halogens is 1. The summed E-state index contributed by atoms with van der Waals surface area (Å²) in [5.41, 5.74) is 6.66. The van der Waals surface area contributed by atoms with Crippen molar-refractivity contribution in [1.29, 1.82) is 0 Å². The number of ether oxygens (including phenoxy) is 2. The standard InChI is InChI=1S/C15H14ClNO5S/c1-2-21-10(18)7-22-9-5-3-8(4-6-9)11-12(15(19)20)14(17)23-13(11)16/h3-6H,2,7,17H2,1H3,(H,19,20). The molecule has 1 aromatic heterocycles. The number of benzene rings is 1. The zero-order valence-electron chi connectivity index (χ0n) is 12.2. The van der Waals surface area contributed by atoms with E-state index < -0.39 is 11.9 Å². The minimum Gasteiger partial charge on any atom is -0.482 e. The van der Waals surface area contributed by atoms with Crippen LogP contribution in [0.15, 0.2) is 24.3 Å². The maximum atomic E-state index is 11.3. The molecule has 6 nitrogen and oxygen atoms in total. The molecule has 1 aromatic carbocycles. The van der Waals surface area contributed by atoms with Gasteiger partial charge in [0.2, 0.25) is 0 Å². The summed E-state index contributed by atoms with van der Waals surface area (Å²) in [4.78, 5) is 22.6. The van der Waals surface area contributed by atoms with Gasteiger partial charge in [-0.3, -0.25) is 0 Å². The van der Waals surface area contributed by atoms with Crippen molar-refractivity contribution < 1.29 is 24.2 Å². The minimum atomic E-state index is -1.14. The predicted molar refractivity (Wildman–Crippen MR) is 88.3 cm³/mol. The summed E-state index contributed by atoms with van der Waals surface area (Å²) in [5.74, 6) is -1.14. The SMILES string of the molecule is CCOC(=O)COc1ccc(-c2c(Cl)sc(N)c2C(=O)O)cc1. The van der Waals surface area contributed by atoms with Crippen LogP contribution in [0, 0.1) is 0 Å². The van der Waals surface area contributed by atoms with Crippen molar-refractivity contribution in [2.24, 2.45) is 0 Å². The van der Waals surface area contributed by atoms with Gasteiger partial charge in [0.25, 0.3) is 0 Å². The molecular weight excluding hydrogens is 342 g/mol. The largest absolute Gasteiger partial charge is 0.482 e. The zero-order valence-corrected chi connectivity index (χ0v) is 13.7. The van der Waals surface area contributed by atoms with Gasteiger partial charge in [0.15, 0.2) is 6.61 Å². The van der Waals surface area contributed by atoms with Crippen LogP contribution in [-0.2, 0) is 9.53 Å². The number of carboxylic acids is 1. The number of rotatable bonds is 6. The Morgan fingerprint density at radius 3 is 2.52 bits per heavy atom. The number of carbonyl (C=O) groups excluding carboxylic acids is 1. The van der Waals surface area contributed by atoms with Gasteiger partial charge in [-0.25, -0.2) is 9.59 Å². The van der Waals surface area contributed by atoms with E-state index in [4.69, 9.17) is 26.8 Å². The molecule has 0 atom stereocenters. The lowest BCUT2D eigenvalue weighted by molar-refractivity contribution is -0.145. The highest BCUT2D eigenvalue weighted by Gasteiger charge is 2.22. The molecule has 1 heterocycles. The number of hydrogen-bond donors (Lipinski definition) is 2. The van der Waals surface area contributed by atoms with Crippen molar-refractivity contribution in [3.05, 3.63) is 34.2 Å². The van der Waals surface area contributed by atoms with Crippen LogP contribution < -0.4 is 10.5 Å². The van der Waals surface area contributed by atoms with Crippen molar-refractivity contribution in [1.82, 2.24) is 0 Å². The van der Waals surface area contributed by atoms with Gasteiger partial charge in [-0.05, 0) is 24.6 Å². The smallest absolute Gasteiger partial charge is 0.344 e. The normalized spacial score (nSPS) is 10.3. The third-order valence-corrected chi connectivity index (χ3v) is 4.14. The topological polar surface area (TPSA) is 98.9 Å². The molecule has 0 aliphatic heterocycles. The van der Waals surface area contributed by atoms with Crippen molar-refractivity contribution in [2.45, 2.75) is 6.92 Å². The van der Waals surface area contributed by atoms with Crippen molar-refractivity contribution >= 4 is 39.9 Å². The quantitative estimate of drug-likeness (QED) is 0.771. The van der Waals surface area contributed by atoms with Gasteiger partial charge in [0, 0.05) is 5.56 Å². The van der Waals surface area contributed by atoms with Crippen molar-refractivity contribution in [2.75, 3.05) is 18.9 Å². The molecule has 0 aliphatic rings. The van der Waals surface area contributed by atoms with E-state index >= 15 is 0 Å². The van der Waals surface area contributed by atoms with Crippen LogP contribution in [0.1, 0.15) is 17.3 Å². The van der Waals surface area contributed by atoms with Gasteiger partial charge in [0.05, 0.1) is 6.61 Å². The van der Waals surface area contributed by atoms with Crippen LogP contribution in [0.25, 0.3) is 11.1 Å². The Balaban J connectivity index is 2.20. The predicted octanol–water partition coefficient (Wildman–Crippen LogP) is 3.29. The number of nitrogens with two attached hydrogens (primary N) is 1. The fraction of sp³-hybridized carbons (Fsp3) is 0.200. The van der Waals surface area contributed by atoms with Gasteiger partial charge < -0.3 is 20.3 Å². The fourth-order valence-corrected chi connectivity index (χ4v) is 3.21. The zero-order chi connectivity index (χ0) is 17.0. The summed E-state index contributed by atoms with van der Waals surface area (Å²) in [6, 6.07) is 6.54. The summed E-state index contributed by atoms with van der Waals surface area (Å²) in [6.45, 7) is 1.81. The van der Waals surface area contributed by atoms with Gasteiger partial charge in [0.1, 0.15) is 20.7 Å². The molecule has 0 fully saturated rings. The second-order valence-electron chi connectivity index (χ2n) is 4.41. The highest BCUT2D eigenvalue weighted by atomic mass is 35.5. The van der Waals surface area contributed by atoms with E-state index in [2.05, 4.69) is 0 Å². The molecule has 23 heavy (non-hydrogen) atoms. The number of esters is 1. The number of carboxylic acid groups (broad SMARTS) is 1. The van der Waals surface area contributed by atoms with E-state index in [-0.39, 0.29) is 23.8 Å². The first-order valence-electron chi connectivity index (χ1n) is 6.64. The first-order valence-corrected chi connectivity index (χ1v) is 7.83. The number of anilines is 1. The Hall–Kier alpha value is -2.25. The molecule has 0 unspecified atom stereocenters. The Labute approximate surface area is 141 Å². The third-order valence-electron chi connectivity index (χ3n) is 2.91. The lowest BCUT2D eigenvalue weighted by Crippen LogP contribution is -2.14. The second-order valence-corrected chi connectivity index (χ2v) is 6.07. The van der Waals surface area contributed by atoms with Gasteiger partial charge in [-0.2, -0.15) is 0 Å². The average molecular weight is 356 g/mol. The Kier molecular flexibility index (Phi) is 5.46. The summed E-state index contributed by atoms with van der Waals surface area (Å²) >= 11 is 7.10. The van der Waals surface area contributed by atoms with E-state index in [0.29, 0.717) is 21.2 Å². The molecule has 3 N–H and O–H groups in total. The molecule has 2 aromatic rings. The average Bonchev–Trinajstić information content (AvgIpc) is 2.80. The maximum absolute atomic E-state index is 11.3. The number of nitrogen functional groups attached to an aromatic ring is 1. The molecule has 0 saturated heterocycles. The Bertz CT molecular complexity index is 726. The highest BCUT2D eigenvalue weighted by molar-refractivity contribution is 7.20. The molecule has 0 radical (unpaired) electrons. The summed E-state index contributed by atoms with van der Waals surface area (Å²) in [5, 5.41) is 9.42. The van der Waals surface area contributed by atoms with Crippen LogP contribution in [-0.4, -0.2) is 30.3 Å². The number of carbonyl (C=O) groups is 2. The molecule has 0 saturated carbocycles. The Morgan fingerprint density at radius 2 is 1.96 bits per heavy atom. The lowest BCUT2D eigenvalue weighted by Gasteiger charge is -2.07. The molecule has 0 aliphatic carbocycles. The molecule has 0 amide bonds. The van der Waals surface area contributed by atoms with Crippen LogP contribution in [0.4, 0.5) is 5.00 Å².